The van der Waals surface area contributed by atoms with Gasteiger partial charge in [0.15, 0.2) is 0 Å². The summed E-state index contributed by atoms with van der Waals surface area (Å²) in [5.41, 5.74) is -0.438. The van der Waals surface area contributed by atoms with Gasteiger partial charge in [-0.3, -0.25) is 4.90 Å². The fourth-order valence-corrected chi connectivity index (χ4v) is 4.05. The zero-order chi connectivity index (χ0) is 18.2. The highest BCUT2D eigenvalue weighted by atomic mass is 16.6. The second kappa shape index (κ2) is 6.98. The van der Waals surface area contributed by atoms with E-state index in [1.165, 1.54) is 0 Å². The number of piperidine rings is 1. The van der Waals surface area contributed by atoms with E-state index in [0.29, 0.717) is 6.04 Å². The maximum atomic E-state index is 12.5. The summed E-state index contributed by atoms with van der Waals surface area (Å²) in [7, 11) is 2.13. The van der Waals surface area contributed by atoms with E-state index in [0.717, 1.165) is 50.3 Å². The van der Waals surface area contributed by atoms with Crippen LogP contribution in [0, 0.1) is 0 Å². The summed E-state index contributed by atoms with van der Waals surface area (Å²) in [5.74, 6) is 1.71. The van der Waals surface area contributed by atoms with Crippen molar-refractivity contribution in [1.82, 2.24) is 14.8 Å². The highest BCUT2D eigenvalue weighted by Gasteiger charge is 2.45. The van der Waals surface area contributed by atoms with Crippen molar-refractivity contribution in [1.29, 1.82) is 0 Å². The molecule has 1 aromatic heterocycles. The standard InChI is InChI=1S/C19H31N3O3/c1-6-16-11-20-17(24-16)12-21(5)15-9-13-7-8-14(10-15)22(13)18(23)25-19(2,3)4/h11,13-15H,6-10,12H2,1-5H3/t13-,14+,15?. The number of fused-ring (bicyclic) bond motifs is 2. The minimum Gasteiger partial charge on any atom is -0.444 e. The number of hydrogen-bond donors (Lipinski definition) is 0. The fourth-order valence-electron chi connectivity index (χ4n) is 4.05. The first kappa shape index (κ1) is 18.2. The summed E-state index contributed by atoms with van der Waals surface area (Å²) >= 11 is 0. The molecule has 140 valence electrons. The van der Waals surface area contributed by atoms with Crippen LogP contribution in [0.1, 0.15) is 65.0 Å². The highest BCUT2D eigenvalue weighted by molar-refractivity contribution is 5.69. The highest BCUT2D eigenvalue weighted by Crippen LogP contribution is 2.38. The molecule has 0 radical (unpaired) electrons. The molecule has 1 aromatic rings. The van der Waals surface area contributed by atoms with Crippen LogP contribution in [-0.2, 0) is 17.7 Å². The third-order valence-electron chi connectivity index (χ3n) is 5.27. The van der Waals surface area contributed by atoms with Gasteiger partial charge in [-0.2, -0.15) is 0 Å². The molecular formula is C19H31N3O3. The van der Waals surface area contributed by atoms with Gasteiger partial charge in [0.2, 0.25) is 5.89 Å². The number of amides is 1. The van der Waals surface area contributed by atoms with Crippen LogP contribution in [0.25, 0.3) is 0 Å². The molecule has 2 aliphatic rings. The molecule has 3 rings (SSSR count). The number of rotatable bonds is 4. The maximum absolute atomic E-state index is 12.5. The summed E-state index contributed by atoms with van der Waals surface area (Å²) < 4.78 is 11.4. The van der Waals surface area contributed by atoms with Crippen molar-refractivity contribution in [3.63, 3.8) is 0 Å². The van der Waals surface area contributed by atoms with Crippen molar-refractivity contribution >= 4 is 6.09 Å². The van der Waals surface area contributed by atoms with Crippen molar-refractivity contribution in [2.45, 2.75) is 90.1 Å². The predicted octanol–water partition coefficient (Wildman–Crippen LogP) is 3.60. The van der Waals surface area contributed by atoms with Gasteiger partial charge in [-0.15, -0.1) is 0 Å². The minimum absolute atomic E-state index is 0.151. The number of hydrogen-bond acceptors (Lipinski definition) is 5. The van der Waals surface area contributed by atoms with Crippen LogP contribution in [-0.4, -0.2) is 51.7 Å². The van der Waals surface area contributed by atoms with Gasteiger partial charge in [0.1, 0.15) is 11.4 Å². The van der Waals surface area contributed by atoms with Gasteiger partial charge in [-0.25, -0.2) is 9.78 Å². The summed E-state index contributed by atoms with van der Waals surface area (Å²) in [5, 5.41) is 0. The van der Waals surface area contributed by atoms with Crippen LogP contribution in [0.3, 0.4) is 0 Å². The van der Waals surface area contributed by atoms with Crippen molar-refractivity contribution < 1.29 is 13.9 Å². The van der Waals surface area contributed by atoms with Gasteiger partial charge in [0, 0.05) is 24.5 Å². The Kier molecular flexibility index (Phi) is 5.09. The molecule has 0 spiro atoms. The molecule has 6 nitrogen and oxygen atoms in total. The number of ether oxygens (including phenoxy) is 1. The molecule has 6 heteroatoms. The van der Waals surface area contributed by atoms with Gasteiger partial charge in [-0.05, 0) is 53.5 Å². The predicted molar refractivity (Wildman–Crippen MR) is 95.3 cm³/mol. The van der Waals surface area contributed by atoms with Gasteiger partial charge >= 0.3 is 6.09 Å². The van der Waals surface area contributed by atoms with Gasteiger partial charge in [0.25, 0.3) is 0 Å². The molecule has 2 bridgehead atoms. The average Bonchev–Trinajstić information content (AvgIpc) is 3.07. The molecule has 2 saturated heterocycles. The second-order valence-electron chi connectivity index (χ2n) is 8.39. The Morgan fingerprint density at radius 3 is 2.52 bits per heavy atom. The Morgan fingerprint density at radius 1 is 1.36 bits per heavy atom. The first-order chi connectivity index (χ1) is 11.8. The van der Waals surface area contributed by atoms with Crippen LogP contribution in [0.4, 0.5) is 4.79 Å². The lowest BCUT2D eigenvalue weighted by molar-refractivity contribution is -0.00334. The Labute approximate surface area is 150 Å². The number of nitrogens with zero attached hydrogens (tertiary/aromatic N) is 3. The monoisotopic (exact) mass is 349 g/mol. The number of carbonyl (C=O) groups excluding carboxylic acids is 1. The molecule has 1 amide bonds. The molecule has 0 saturated carbocycles. The van der Waals surface area contributed by atoms with Crippen molar-refractivity contribution in [3.8, 4) is 0 Å². The van der Waals surface area contributed by atoms with Crippen molar-refractivity contribution in [2.24, 2.45) is 0 Å². The Bertz CT molecular complexity index is 593. The third kappa shape index (κ3) is 4.17. The Hall–Kier alpha value is -1.56. The van der Waals surface area contributed by atoms with E-state index in [1.807, 2.05) is 31.9 Å². The summed E-state index contributed by atoms with van der Waals surface area (Å²) in [6, 6.07) is 1.03. The molecule has 3 atom stereocenters. The zero-order valence-corrected chi connectivity index (χ0v) is 16.1. The van der Waals surface area contributed by atoms with Crippen LogP contribution < -0.4 is 0 Å². The molecule has 2 aliphatic heterocycles. The van der Waals surface area contributed by atoms with Crippen molar-refractivity contribution in [2.75, 3.05) is 7.05 Å². The van der Waals surface area contributed by atoms with E-state index < -0.39 is 5.60 Å². The van der Waals surface area contributed by atoms with Crippen LogP contribution in [0.2, 0.25) is 0 Å². The van der Waals surface area contributed by atoms with Gasteiger partial charge < -0.3 is 14.1 Å². The molecule has 1 unspecified atom stereocenters. The largest absolute Gasteiger partial charge is 0.444 e. The normalized spacial score (nSPS) is 26.3. The number of aryl methyl sites for hydroxylation is 1. The molecule has 0 aromatic carbocycles. The fraction of sp³-hybridized carbons (Fsp3) is 0.789. The second-order valence-corrected chi connectivity index (χ2v) is 8.39. The molecule has 25 heavy (non-hydrogen) atoms. The van der Waals surface area contributed by atoms with Gasteiger partial charge in [-0.1, -0.05) is 6.92 Å². The molecule has 0 N–H and O–H groups in total. The number of carbonyl (C=O) groups is 1. The average molecular weight is 349 g/mol. The van der Waals surface area contributed by atoms with E-state index >= 15 is 0 Å². The molecular weight excluding hydrogens is 318 g/mol. The quantitative estimate of drug-likeness (QED) is 0.831. The lowest BCUT2D eigenvalue weighted by Gasteiger charge is -2.42. The van der Waals surface area contributed by atoms with Crippen LogP contribution in [0.15, 0.2) is 10.6 Å². The first-order valence-corrected chi connectivity index (χ1v) is 9.42. The maximum Gasteiger partial charge on any atom is 0.410 e. The Morgan fingerprint density at radius 2 is 2.00 bits per heavy atom. The number of aromatic nitrogens is 1. The smallest absolute Gasteiger partial charge is 0.410 e. The SMILES string of the molecule is CCc1cnc(CN(C)C2C[C@H]3CC[C@@H](C2)N3C(=O)OC(C)(C)C)o1. The third-order valence-corrected chi connectivity index (χ3v) is 5.27. The van der Waals surface area contributed by atoms with E-state index in [9.17, 15) is 4.79 Å². The van der Waals surface area contributed by atoms with Crippen LogP contribution >= 0.6 is 0 Å². The lowest BCUT2D eigenvalue weighted by Crippen LogP contribution is -2.52. The molecule has 3 heterocycles. The first-order valence-electron chi connectivity index (χ1n) is 9.42. The minimum atomic E-state index is -0.438. The van der Waals surface area contributed by atoms with Crippen LogP contribution in [0.5, 0.6) is 0 Å². The number of oxazole rings is 1. The van der Waals surface area contributed by atoms with Gasteiger partial charge in [0.05, 0.1) is 12.7 Å². The molecule has 2 fully saturated rings. The zero-order valence-electron chi connectivity index (χ0n) is 16.1. The van der Waals surface area contributed by atoms with E-state index in [4.69, 9.17) is 9.15 Å². The van der Waals surface area contributed by atoms with E-state index in [1.54, 1.807) is 0 Å². The van der Waals surface area contributed by atoms with E-state index in [-0.39, 0.29) is 18.2 Å². The lowest BCUT2D eigenvalue weighted by atomic mass is 9.96. The topological polar surface area (TPSA) is 58.8 Å². The summed E-state index contributed by atoms with van der Waals surface area (Å²) in [4.78, 5) is 21.2. The van der Waals surface area contributed by atoms with Crippen molar-refractivity contribution in [3.05, 3.63) is 17.8 Å². The summed E-state index contributed by atoms with van der Waals surface area (Å²) in [6.45, 7) is 8.56. The Balaban J connectivity index is 1.60. The van der Waals surface area contributed by atoms with E-state index in [2.05, 4.69) is 23.9 Å². The molecule has 0 aliphatic carbocycles. The summed E-state index contributed by atoms with van der Waals surface area (Å²) in [6.07, 6.45) is 6.68.